The maximum atomic E-state index is 12.0. The highest BCUT2D eigenvalue weighted by Crippen LogP contribution is 2.15. The molecule has 0 atom stereocenters. The van der Waals surface area contributed by atoms with Gasteiger partial charge in [-0.1, -0.05) is 24.6 Å². The van der Waals surface area contributed by atoms with Crippen molar-refractivity contribution in [1.29, 1.82) is 0 Å². The summed E-state index contributed by atoms with van der Waals surface area (Å²) in [5, 5.41) is 6.05. The van der Waals surface area contributed by atoms with E-state index < -0.39 is 0 Å². The zero-order valence-corrected chi connectivity index (χ0v) is 16.0. The van der Waals surface area contributed by atoms with Crippen LogP contribution in [0.5, 0.6) is 5.75 Å². The van der Waals surface area contributed by atoms with Crippen LogP contribution >= 0.6 is 11.3 Å². The number of thiazole rings is 1. The lowest BCUT2D eigenvalue weighted by molar-refractivity contribution is -0.121. The normalized spacial score (nSPS) is 14.9. The van der Waals surface area contributed by atoms with Gasteiger partial charge in [0.15, 0.2) is 0 Å². The first kappa shape index (κ1) is 18.9. The number of carbonyl (C=O) groups excluding carboxylic acids is 1. The van der Waals surface area contributed by atoms with Crippen molar-refractivity contribution in [3.63, 3.8) is 0 Å². The number of likely N-dealkylation sites (tertiary alicyclic amines) is 1. The van der Waals surface area contributed by atoms with Crippen LogP contribution in [0.3, 0.4) is 0 Å². The molecule has 6 heteroatoms. The molecule has 5 nitrogen and oxygen atoms in total. The van der Waals surface area contributed by atoms with E-state index in [1.54, 1.807) is 11.3 Å². The van der Waals surface area contributed by atoms with Gasteiger partial charge in [-0.3, -0.25) is 9.69 Å². The molecule has 1 aromatic carbocycles. The standard InChI is InChI=1S/C20H27N3O2S/c24-19(10-7-13-25-18-8-3-1-4-9-18)21-14-20-22-17(16-26-20)15-23-11-5-2-6-12-23/h1,3-4,8-9,16H,2,5-7,10-15H2,(H,21,24). The van der Waals surface area contributed by atoms with Gasteiger partial charge in [0.1, 0.15) is 10.8 Å². The average molecular weight is 374 g/mol. The fourth-order valence-corrected chi connectivity index (χ4v) is 3.78. The summed E-state index contributed by atoms with van der Waals surface area (Å²) in [7, 11) is 0. The minimum atomic E-state index is 0.0504. The smallest absolute Gasteiger partial charge is 0.220 e. The Morgan fingerprint density at radius 2 is 2.00 bits per heavy atom. The molecule has 0 saturated carbocycles. The predicted molar refractivity (Wildman–Crippen MR) is 104 cm³/mol. The Morgan fingerprint density at radius 3 is 2.81 bits per heavy atom. The zero-order chi connectivity index (χ0) is 18.0. The molecular weight excluding hydrogens is 346 g/mol. The molecule has 0 bridgehead atoms. The number of ether oxygens (including phenoxy) is 1. The first-order chi connectivity index (χ1) is 12.8. The van der Waals surface area contributed by atoms with Crippen molar-refractivity contribution in [2.75, 3.05) is 19.7 Å². The van der Waals surface area contributed by atoms with Gasteiger partial charge in [-0.15, -0.1) is 11.3 Å². The van der Waals surface area contributed by atoms with Gasteiger partial charge in [-0.05, 0) is 44.5 Å². The number of para-hydroxylation sites is 1. The van der Waals surface area contributed by atoms with Crippen LogP contribution in [0.15, 0.2) is 35.7 Å². The fraction of sp³-hybridized carbons (Fsp3) is 0.500. The van der Waals surface area contributed by atoms with Crippen molar-refractivity contribution in [3.8, 4) is 5.75 Å². The molecule has 1 fully saturated rings. The van der Waals surface area contributed by atoms with Crippen molar-refractivity contribution >= 4 is 17.2 Å². The number of piperidine rings is 1. The molecule has 1 N–H and O–H groups in total. The third-order valence-electron chi connectivity index (χ3n) is 4.43. The lowest BCUT2D eigenvalue weighted by Gasteiger charge is -2.25. The third kappa shape index (κ3) is 6.42. The molecule has 0 aliphatic carbocycles. The first-order valence-electron chi connectivity index (χ1n) is 9.40. The summed E-state index contributed by atoms with van der Waals surface area (Å²) >= 11 is 1.63. The topological polar surface area (TPSA) is 54.5 Å². The molecule has 1 aromatic heterocycles. The largest absolute Gasteiger partial charge is 0.494 e. The van der Waals surface area contributed by atoms with E-state index in [1.165, 1.54) is 32.4 Å². The van der Waals surface area contributed by atoms with Gasteiger partial charge in [-0.25, -0.2) is 4.98 Å². The van der Waals surface area contributed by atoms with Crippen molar-refractivity contribution in [1.82, 2.24) is 15.2 Å². The predicted octanol–water partition coefficient (Wildman–Crippen LogP) is 3.60. The van der Waals surface area contributed by atoms with Crippen LogP contribution in [0.4, 0.5) is 0 Å². The van der Waals surface area contributed by atoms with Gasteiger partial charge < -0.3 is 10.1 Å². The molecule has 2 heterocycles. The Kier molecular flexibility index (Phi) is 7.46. The number of benzene rings is 1. The van der Waals surface area contributed by atoms with E-state index in [2.05, 4.69) is 20.6 Å². The summed E-state index contributed by atoms with van der Waals surface area (Å²) in [4.78, 5) is 19.1. The van der Waals surface area contributed by atoms with Crippen molar-refractivity contribution < 1.29 is 9.53 Å². The second-order valence-electron chi connectivity index (χ2n) is 6.61. The van der Waals surface area contributed by atoms with E-state index in [1.807, 2.05) is 30.3 Å². The molecular formula is C20H27N3O2S. The minimum absolute atomic E-state index is 0.0504. The molecule has 26 heavy (non-hydrogen) atoms. The zero-order valence-electron chi connectivity index (χ0n) is 15.2. The van der Waals surface area contributed by atoms with Crippen LogP contribution in [-0.4, -0.2) is 35.5 Å². The maximum Gasteiger partial charge on any atom is 0.220 e. The molecule has 2 aromatic rings. The average Bonchev–Trinajstić information content (AvgIpc) is 3.12. The Bertz CT molecular complexity index is 669. The number of amides is 1. The number of nitrogens with zero attached hydrogens (tertiary/aromatic N) is 2. The second kappa shape index (κ2) is 10.3. The van der Waals surface area contributed by atoms with Crippen LogP contribution in [0.1, 0.15) is 42.8 Å². The molecule has 3 rings (SSSR count). The van der Waals surface area contributed by atoms with E-state index in [9.17, 15) is 4.79 Å². The number of hydrogen-bond donors (Lipinski definition) is 1. The summed E-state index contributed by atoms with van der Waals surface area (Å²) in [6.07, 6.45) is 5.11. The lowest BCUT2D eigenvalue weighted by Crippen LogP contribution is -2.29. The van der Waals surface area contributed by atoms with Gasteiger partial charge in [-0.2, -0.15) is 0 Å². The van der Waals surface area contributed by atoms with Crippen molar-refractivity contribution in [2.24, 2.45) is 0 Å². The third-order valence-corrected chi connectivity index (χ3v) is 5.33. The summed E-state index contributed by atoms with van der Waals surface area (Å²) in [6.45, 7) is 4.35. The Balaban J connectivity index is 1.30. The molecule has 1 aliphatic rings. The maximum absolute atomic E-state index is 12.0. The SMILES string of the molecule is O=C(CCCOc1ccccc1)NCc1nc(CN2CCCCC2)cs1. The number of aromatic nitrogens is 1. The molecule has 140 valence electrons. The number of carbonyl (C=O) groups is 1. The van der Waals surface area contributed by atoms with Crippen LogP contribution in [0, 0.1) is 0 Å². The quantitative estimate of drug-likeness (QED) is 0.682. The summed E-state index contributed by atoms with van der Waals surface area (Å²) < 4.78 is 5.60. The minimum Gasteiger partial charge on any atom is -0.494 e. The molecule has 1 amide bonds. The second-order valence-corrected chi connectivity index (χ2v) is 7.55. The summed E-state index contributed by atoms with van der Waals surface area (Å²) in [5.41, 5.74) is 1.12. The van der Waals surface area contributed by atoms with Crippen LogP contribution < -0.4 is 10.1 Å². The van der Waals surface area contributed by atoms with Gasteiger partial charge in [0.2, 0.25) is 5.91 Å². The van der Waals surface area contributed by atoms with Crippen LogP contribution in [0.2, 0.25) is 0 Å². The lowest BCUT2D eigenvalue weighted by atomic mass is 10.1. The van der Waals surface area contributed by atoms with E-state index >= 15 is 0 Å². The number of rotatable bonds is 9. The molecule has 0 unspecified atom stereocenters. The van der Waals surface area contributed by atoms with Gasteiger partial charge >= 0.3 is 0 Å². The molecule has 0 radical (unpaired) electrons. The molecule has 1 saturated heterocycles. The highest BCUT2D eigenvalue weighted by Gasteiger charge is 2.12. The monoisotopic (exact) mass is 373 g/mol. The van der Waals surface area contributed by atoms with Gasteiger partial charge in [0, 0.05) is 18.3 Å². The highest BCUT2D eigenvalue weighted by atomic mass is 32.1. The van der Waals surface area contributed by atoms with E-state index in [-0.39, 0.29) is 5.91 Å². The number of hydrogen-bond acceptors (Lipinski definition) is 5. The number of nitrogens with one attached hydrogen (secondary N) is 1. The van der Waals surface area contributed by atoms with Gasteiger partial charge in [0.05, 0.1) is 18.8 Å². The van der Waals surface area contributed by atoms with Crippen molar-refractivity contribution in [3.05, 3.63) is 46.4 Å². The first-order valence-corrected chi connectivity index (χ1v) is 10.3. The molecule has 0 spiro atoms. The molecule has 1 aliphatic heterocycles. The van der Waals surface area contributed by atoms with Gasteiger partial charge in [0.25, 0.3) is 0 Å². The van der Waals surface area contributed by atoms with E-state index in [0.717, 1.165) is 23.0 Å². The summed E-state index contributed by atoms with van der Waals surface area (Å²) in [6, 6.07) is 9.68. The van der Waals surface area contributed by atoms with Crippen LogP contribution in [-0.2, 0) is 17.9 Å². The highest BCUT2D eigenvalue weighted by molar-refractivity contribution is 7.09. The van der Waals surface area contributed by atoms with E-state index in [0.29, 0.717) is 26.0 Å². The Labute approximate surface area is 159 Å². The fourth-order valence-electron chi connectivity index (χ4n) is 3.05. The van der Waals surface area contributed by atoms with Crippen molar-refractivity contribution in [2.45, 2.75) is 45.2 Å². The summed E-state index contributed by atoms with van der Waals surface area (Å²) in [5.74, 6) is 0.895. The Morgan fingerprint density at radius 1 is 1.19 bits per heavy atom. The van der Waals surface area contributed by atoms with Crippen LogP contribution in [0.25, 0.3) is 0 Å². The van der Waals surface area contributed by atoms with E-state index in [4.69, 9.17) is 4.74 Å². The Hall–Kier alpha value is -1.92.